The zero-order chi connectivity index (χ0) is 18.4. The summed E-state index contributed by atoms with van der Waals surface area (Å²) in [6.07, 6.45) is 1.73. The largest absolute Gasteiger partial charge is 0.354 e. The van der Waals surface area contributed by atoms with Gasteiger partial charge in [-0.2, -0.15) is 0 Å². The Morgan fingerprint density at radius 3 is 2.28 bits per heavy atom. The molecule has 0 heterocycles. The lowest BCUT2D eigenvalue weighted by Crippen LogP contribution is -2.48. The minimum Gasteiger partial charge on any atom is -0.354 e. The molecule has 7 heteroatoms. The number of halogens is 1. The van der Waals surface area contributed by atoms with E-state index in [0.717, 1.165) is 16.1 Å². The monoisotopic (exact) mass is 380 g/mol. The molecule has 0 aromatic heterocycles. The van der Waals surface area contributed by atoms with Crippen LogP contribution in [0.25, 0.3) is 0 Å². The fraction of sp³-hybridized carbons (Fsp3) is 0.278. The van der Waals surface area contributed by atoms with Gasteiger partial charge >= 0.3 is 0 Å². The lowest BCUT2D eigenvalue weighted by molar-refractivity contribution is -0.121. The van der Waals surface area contributed by atoms with Crippen molar-refractivity contribution in [1.29, 1.82) is 0 Å². The third-order valence-electron chi connectivity index (χ3n) is 3.73. The van der Waals surface area contributed by atoms with Gasteiger partial charge in [0.15, 0.2) is 0 Å². The van der Waals surface area contributed by atoms with E-state index >= 15 is 0 Å². The Kier molecular flexibility index (Phi) is 6.45. The van der Waals surface area contributed by atoms with Gasteiger partial charge in [0.1, 0.15) is 6.04 Å². The van der Waals surface area contributed by atoms with Crippen LogP contribution in [0.15, 0.2) is 54.6 Å². The second-order valence-electron chi connectivity index (χ2n) is 5.74. The van der Waals surface area contributed by atoms with Crippen molar-refractivity contribution in [1.82, 2.24) is 5.32 Å². The summed E-state index contributed by atoms with van der Waals surface area (Å²) in [6.45, 7) is 1.99. The first-order valence-corrected chi connectivity index (χ1v) is 10.1. The number of carbonyl (C=O) groups is 1. The Morgan fingerprint density at radius 2 is 1.72 bits per heavy atom. The van der Waals surface area contributed by atoms with Crippen LogP contribution in [0.1, 0.15) is 12.5 Å². The first kappa shape index (κ1) is 19.3. The van der Waals surface area contributed by atoms with Crippen molar-refractivity contribution >= 4 is 33.2 Å². The molecule has 0 fully saturated rings. The number of nitrogens with one attached hydrogen (secondary N) is 1. The maximum Gasteiger partial charge on any atom is 0.243 e. The van der Waals surface area contributed by atoms with E-state index in [2.05, 4.69) is 5.32 Å². The van der Waals surface area contributed by atoms with Crippen LogP contribution < -0.4 is 9.62 Å². The number of hydrogen-bond donors (Lipinski definition) is 1. The molecule has 25 heavy (non-hydrogen) atoms. The van der Waals surface area contributed by atoms with E-state index in [4.69, 9.17) is 11.6 Å². The van der Waals surface area contributed by atoms with Crippen LogP contribution >= 0.6 is 11.6 Å². The molecule has 0 aliphatic heterocycles. The zero-order valence-corrected chi connectivity index (χ0v) is 15.7. The van der Waals surface area contributed by atoms with Crippen LogP contribution in [0.5, 0.6) is 0 Å². The molecule has 1 N–H and O–H groups in total. The summed E-state index contributed by atoms with van der Waals surface area (Å²) in [4.78, 5) is 12.4. The maximum absolute atomic E-state index is 12.4. The fourth-order valence-corrected chi connectivity index (χ4v) is 3.81. The summed E-state index contributed by atoms with van der Waals surface area (Å²) in [5.41, 5.74) is 1.51. The first-order valence-electron chi connectivity index (χ1n) is 7.85. The summed E-state index contributed by atoms with van der Waals surface area (Å²) >= 11 is 5.84. The molecular formula is C18H21ClN2O3S. The highest BCUT2D eigenvalue weighted by Gasteiger charge is 2.28. The normalized spacial score (nSPS) is 12.4. The van der Waals surface area contributed by atoms with E-state index in [1.807, 2.05) is 12.1 Å². The molecule has 0 bridgehead atoms. The van der Waals surface area contributed by atoms with Gasteiger partial charge in [-0.25, -0.2) is 8.42 Å². The molecule has 2 rings (SSSR count). The molecule has 134 valence electrons. The van der Waals surface area contributed by atoms with Crippen LogP contribution in [0.3, 0.4) is 0 Å². The predicted octanol–water partition coefficient (Wildman–Crippen LogP) is 2.85. The Bertz CT molecular complexity index is 808. The van der Waals surface area contributed by atoms with E-state index in [1.54, 1.807) is 49.4 Å². The van der Waals surface area contributed by atoms with E-state index in [1.165, 1.54) is 0 Å². The molecule has 0 spiro atoms. The molecule has 0 aliphatic carbocycles. The molecule has 2 aromatic rings. The third-order valence-corrected chi connectivity index (χ3v) is 5.22. The minimum absolute atomic E-state index is 0.344. The Labute approximate surface area is 153 Å². The van der Waals surface area contributed by atoms with Crippen molar-refractivity contribution < 1.29 is 13.2 Å². The van der Waals surface area contributed by atoms with Gasteiger partial charge in [0.05, 0.1) is 11.9 Å². The van der Waals surface area contributed by atoms with Crippen molar-refractivity contribution in [3.63, 3.8) is 0 Å². The molecular weight excluding hydrogens is 360 g/mol. The predicted molar refractivity (Wildman–Crippen MR) is 101 cm³/mol. The molecule has 1 atom stereocenters. The van der Waals surface area contributed by atoms with Gasteiger partial charge in [-0.15, -0.1) is 0 Å². The number of para-hydroxylation sites is 1. The molecule has 1 amide bonds. The van der Waals surface area contributed by atoms with Gasteiger partial charge in [0.25, 0.3) is 0 Å². The quantitative estimate of drug-likeness (QED) is 0.803. The average Bonchev–Trinajstić information content (AvgIpc) is 2.56. The maximum atomic E-state index is 12.4. The first-order chi connectivity index (χ1) is 11.8. The number of sulfonamides is 1. The summed E-state index contributed by atoms with van der Waals surface area (Å²) in [5.74, 6) is -0.344. The van der Waals surface area contributed by atoms with Crippen molar-refractivity contribution in [2.45, 2.75) is 19.4 Å². The molecule has 0 saturated heterocycles. The van der Waals surface area contributed by atoms with Crippen molar-refractivity contribution in [3.05, 3.63) is 65.2 Å². The molecule has 2 aromatic carbocycles. The van der Waals surface area contributed by atoms with E-state index in [9.17, 15) is 13.2 Å². The Hall–Kier alpha value is -2.05. The van der Waals surface area contributed by atoms with Crippen LogP contribution in [-0.2, 0) is 21.2 Å². The van der Waals surface area contributed by atoms with Crippen molar-refractivity contribution in [3.8, 4) is 0 Å². The smallest absolute Gasteiger partial charge is 0.243 e. The van der Waals surface area contributed by atoms with Crippen LogP contribution in [-0.4, -0.2) is 33.2 Å². The molecule has 5 nitrogen and oxygen atoms in total. The highest BCUT2D eigenvalue weighted by atomic mass is 35.5. The minimum atomic E-state index is -3.59. The lowest BCUT2D eigenvalue weighted by Gasteiger charge is -2.28. The number of rotatable bonds is 7. The second-order valence-corrected chi connectivity index (χ2v) is 8.03. The van der Waals surface area contributed by atoms with Gasteiger partial charge < -0.3 is 5.32 Å². The van der Waals surface area contributed by atoms with Crippen LogP contribution in [0.4, 0.5) is 5.69 Å². The molecule has 0 radical (unpaired) electrons. The number of hydrogen-bond acceptors (Lipinski definition) is 3. The summed E-state index contributed by atoms with van der Waals surface area (Å²) < 4.78 is 25.4. The standard InChI is InChI=1S/C18H21ClN2O3S/c1-14(21(25(2,23)24)17-6-4-3-5-7-17)18(22)20-13-12-15-8-10-16(19)11-9-15/h3-11,14H,12-13H2,1-2H3,(H,20,22). The van der Waals surface area contributed by atoms with Crippen LogP contribution in [0, 0.1) is 0 Å². The van der Waals surface area contributed by atoms with E-state index < -0.39 is 16.1 Å². The van der Waals surface area contributed by atoms with Gasteiger partial charge in [0.2, 0.25) is 15.9 Å². The highest BCUT2D eigenvalue weighted by Crippen LogP contribution is 2.20. The van der Waals surface area contributed by atoms with Crippen molar-refractivity contribution in [2.75, 3.05) is 17.1 Å². The highest BCUT2D eigenvalue weighted by molar-refractivity contribution is 7.92. The molecule has 0 aliphatic rings. The average molecular weight is 381 g/mol. The molecule has 0 saturated carbocycles. The van der Waals surface area contributed by atoms with Crippen molar-refractivity contribution in [2.24, 2.45) is 0 Å². The molecule has 1 unspecified atom stereocenters. The zero-order valence-electron chi connectivity index (χ0n) is 14.1. The summed E-state index contributed by atoms with van der Waals surface area (Å²) in [7, 11) is -3.59. The van der Waals surface area contributed by atoms with Gasteiger partial charge in [-0.1, -0.05) is 41.9 Å². The summed E-state index contributed by atoms with van der Waals surface area (Å²) in [6, 6.07) is 15.1. The summed E-state index contributed by atoms with van der Waals surface area (Å²) in [5, 5.41) is 3.45. The Balaban J connectivity index is 2.02. The van der Waals surface area contributed by atoms with Gasteiger partial charge in [0, 0.05) is 11.6 Å². The number of nitrogens with zero attached hydrogens (tertiary/aromatic N) is 1. The number of benzene rings is 2. The lowest BCUT2D eigenvalue weighted by atomic mass is 10.1. The van der Waals surface area contributed by atoms with Gasteiger partial charge in [-0.05, 0) is 43.2 Å². The fourth-order valence-electron chi connectivity index (χ4n) is 2.51. The topological polar surface area (TPSA) is 66.5 Å². The van der Waals surface area contributed by atoms with E-state index in [-0.39, 0.29) is 5.91 Å². The number of anilines is 1. The second kappa shape index (κ2) is 8.36. The van der Waals surface area contributed by atoms with Crippen LogP contribution in [0.2, 0.25) is 5.02 Å². The Morgan fingerprint density at radius 1 is 1.12 bits per heavy atom. The SMILES string of the molecule is CC(C(=O)NCCc1ccc(Cl)cc1)N(c1ccccc1)S(C)(=O)=O. The van der Waals surface area contributed by atoms with E-state index in [0.29, 0.717) is 23.7 Å². The third kappa shape index (κ3) is 5.47. The number of carbonyl (C=O) groups excluding carboxylic acids is 1. The van der Waals surface area contributed by atoms with Gasteiger partial charge in [-0.3, -0.25) is 9.10 Å². The number of amides is 1.